The molecule has 0 N–H and O–H groups in total. The summed E-state index contributed by atoms with van der Waals surface area (Å²) in [5.74, 6) is 0. The molecule has 0 saturated carbocycles. The van der Waals surface area contributed by atoms with Gasteiger partial charge < -0.3 is 0 Å². The monoisotopic (exact) mass is 156 g/mol. The third kappa shape index (κ3) is 9.14. The molecule has 3 nitrogen and oxygen atoms in total. The summed E-state index contributed by atoms with van der Waals surface area (Å²) in [7, 11) is 0. The first kappa shape index (κ1) is 10.1. The number of hydrogen-bond donors (Lipinski definition) is 0. The van der Waals surface area contributed by atoms with E-state index in [4.69, 9.17) is 6.58 Å². The fourth-order valence-electron chi connectivity index (χ4n) is 0.857. The van der Waals surface area contributed by atoms with Gasteiger partial charge >= 0.3 is 0 Å². The van der Waals surface area contributed by atoms with Crippen molar-refractivity contribution < 1.29 is 4.92 Å². The van der Waals surface area contributed by atoms with Gasteiger partial charge in [-0.2, -0.15) is 0 Å². The zero-order valence-corrected chi connectivity index (χ0v) is 6.66. The van der Waals surface area contributed by atoms with Crippen LogP contribution in [0.5, 0.6) is 0 Å². The third-order valence-corrected chi connectivity index (χ3v) is 1.46. The highest BCUT2D eigenvalue weighted by Gasteiger charge is 1.95. The summed E-state index contributed by atoms with van der Waals surface area (Å²) >= 11 is 0. The summed E-state index contributed by atoms with van der Waals surface area (Å²) < 4.78 is 0. The minimum Gasteiger partial charge on any atom is -0.265 e. The third-order valence-electron chi connectivity index (χ3n) is 1.46. The minimum absolute atomic E-state index is 0.104. The molecule has 3 heteroatoms. The highest BCUT2D eigenvalue weighted by atomic mass is 16.6. The van der Waals surface area contributed by atoms with Crippen LogP contribution in [0.3, 0.4) is 0 Å². The Kier molecular flexibility index (Phi) is 6.68. The smallest absolute Gasteiger partial charge is 0.203 e. The second kappa shape index (κ2) is 7.25. The lowest BCUT2D eigenvalue weighted by Gasteiger charge is -1.94. The van der Waals surface area contributed by atoms with Gasteiger partial charge in [0.05, 0.1) is 0 Å². The molecule has 0 unspecified atom stereocenters. The molecule has 0 aromatic rings. The predicted octanol–water partition coefficient (Wildman–Crippen LogP) is 2.20. The van der Waals surface area contributed by atoms with E-state index in [9.17, 15) is 10.1 Å². The van der Waals surface area contributed by atoms with E-state index in [0.29, 0.717) is 6.42 Å². The van der Waals surface area contributed by atoms with E-state index in [1.165, 1.54) is 0 Å². The molecular weight excluding hydrogens is 142 g/mol. The van der Waals surface area contributed by atoms with Crippen molar-refractivity contribution in [3.63, 3.8) is 0 Å². The molecule has 0 atom stereocenters. The van der Waals surface area contributed by atoms with Gasteiger partial charge in [0.1, 0.15) is 0 Å². The molecule has 0 aliphatic carbocycles. The number of hydrogen-bond acceptors (Lipinski definition) is 2. The molecule has 0 amide bonds. The molecular formula is C8H14NO2. The average molecular weight is 156 g/mol. The van der Waals surface area contributed by atoms with E-state index in [-0.39, 0.29) is 11.5 Å². The van der Waals surface area contributed by atoms with Gasteiger partial charge in [-0.05, 0) is 19.3 Å². The second-order valence-electron chi connectivity index (χ2n) is 2.49. The number of allylic oxidation sites excluding steroid dienone is 1. The van der Waals surface area contributed by atoms with E-state index in [1.54, 1.807) is 6.08 Å². The van der Waals surface area contributed by atoms with Gasteiger partial charge in [0.15, 0.2) is 0 Å². The average Bonchev–Trinajstić information content (AvgIpc) is 1.96. The van der Waals surface area contributed by atoms with E-state index in [0.717, 1.165) is 25.7 Å². The van der Waals surface area contributed by atoms with Crippen LogP contribution >= 0.6 is 0 Å². The maximum atomic E-state index is 9.87. The lowest BCUT2D eigenvalue weighted by molar-refractivity contribution is -0.480. The van der Waals surface area contributed by atoms with Gasteiger partial charge in [-0.15, -0.1) is 0 Å². The van der Waals surface area contributed by atoms with Crippen molar-refractivity contribution in [2.75, 3.05) is 6.54 Å². The van der Waals surface area contributed by atoms with Crippen molar-refractivity contribution in [3.8, 4) is 0 Å². The van der Waals surface area contributed by atoms with Crippen molar-refractivity contribution in [1.82, 2.24) is 0 Å². The number of nitro groups is 1. The van der Waals surface area contributed by atoms with Crippen molar-refractivity contribution in [2.45, 2.75) is 32.1 Å². The normalized spacial score (nSPS) is 9.45. The number of nitrogens with zero attached hydrogens (tertiary/aromatic N) is 1. The summed E-state index contributed by atoms with van der Waals surface area (Å²) in [5.41, 5.74) is 0. The molecule has 1 radical (unpaired) electrons. The molecule has 63 valence electrons. The lowest BCUT2D eigenvalue weighted by Crippen LogP contribution is -1.99. The highest BCUT2D eigenvalue weighted by Crippen LogP contribution is 2.02. The molecule has 0 spiro atoms. The number of unbranched alkanes of at least 4 members (excludes halogenated alkanes) is 4. The SMILES string of the molecule is [CH]=CCCCCCC[N+](=O)[O-]. The van der Waals surface area contributed by atoms with E-state index < -0.39 is 0 Å². The summed E-state index contributed by atoms with van der Waals surface area (Å²) in [4.78, 5) is 9.60. The summed E-state index contributed by atoms with van der Waals surface area (Å²) in [6.45, 7) is 5.26. The zero-order chi connectivity index (χ0) is 8.53. The second-order valence-corrected chi connectivity index (χ2v) is 2.49. The van der Waals surface area contributed by atoms with Crippen LogP contribution in [0.2, 0.25) is 0 Å². The first-order valence-electron chi connectivity index (χ1n) is 3.92. The van der Waals surface area contributed by atoms with Crippen molar-refractivity contribution in [2.24, 2.45) is 0 Å². The molecule has 11 heavy (non-hydrogen) atoms. The molecule has 0 aromatic carbocycles. The van der Waals surface area contributed by atoms with Gasteiger partial charge in [-0.1, -0.05) is 19.1 Å². The standard InChI is InChI=1S/C8H14NO2/c1-2-3-4-5-6-7-8-9(10)11/h1-2H,3-8H2. The molecule has 0 bridgehead atoms. The number of rotatable bonds is 7. The maximum Gasteiger partial charge on any atom is 0.203 e. The molecule has 0 saturated heterocycles. The van der Waals surface area contributed by atoms with Crippen LogP contribution in [0.4, 0.5) is 0 Å². The Labute approximate surface area is 67.3 Å². The Morgan fingerprint density at radius 3 is 2.45 bits per heavy atom. The molecule has 0 fully saturated rings. The first-order chi connectivity index (χ1) is 5.27. The van der Waals surface area contributed by atoms with Gasteiger partial charge in [-0.25, -0.2) is 0 Å². The van der Waals surface area contributed by atoms with Crippen LogP contribution in [-0.2, 0) is 0 Å². The van der Waals surface area contributed by atoms with Crippen LogP contribution in [0.15, 0.2) is 6.08 Å². The van der Waals surface area contributed by atoms with E-state index >= 15 is 0 Å². The fourth-order valence-corrected chi connectivity index (χ4v) is 0.857. The zero-order valence-electron chi connectivity index (χ0n) is 6.66. The predicted molar refractivity (Wildman–Crippen MR) is 43.8 cm³/mol. The summed E-state index contributed by atoms with van der Waals surface area (Å²) in [5, 5.41) is 9.87. The lowest BCUT2D eigenvalue weighted by atomic mass is 10.1. The van der Waals surface area contributed by atoms with Crippen molar-refractivity contribution in [3.05, 3.63) is 22.8 Å². The van der Waals surface area contributed by atoms with Crippen LogP contribution in [0.25, 0.3) is 0 Å². The van der Waals surface area contributed by atoms with Crippen molar-refractivity contribution >= 4 is 0 Å². The topological polar surface area (TPSA) is 43.1 Å². The van der Waals surface area contributed by atoms with Gasteiger partial charge in [0, 0.05) is 11.3 Å². The summed E-state index contributed by atoms with van der Waals surface area (Å²) in [6.07, 6.45) is 6.27. The highest BCUT2D eigenvalue weighted by molar-refractivity contribution is 4.61. The van der Waals surface area contributed by atoms with Gasteiger partial charge in [0.25, 0.3) is 0 Å². The Hall–Kier alpha value is -0.860. The van der Waals surface area contributed by atoms with Gasteiger partial charge in [-0.3, -0.25) is 10.1 Å². The van der Waals surface area contributed by atoms with Crippen LogP contribution in [0, 0.1) is 16.7 Å². The van der Waals surface area contributed by atoms with Gasteiger partial charge in [0.2, 0.25) is 6.54 Å². The molecule has 0 heterocycles. The molecule has 0 aromatic heterocycles. The van der Waals surface area contributed by atoms with E-state index in [2.05, 4.69) is 0 Å². The minimum atomic E-state index is -0.269. The van der Waals surface area contributed by atoms with E-state index in [1.807, 2.05) is 0 Å². The molecule has 0 aliphatic heterocycles. The Morgan fingerprint density at radius 2 is 1.91 bits per heavy atom. The molecule has 0 aliphatic rings. The Bertz CT molecular complexity index is 123. The Balaban J connectivity index is 2.90. The quantitative estimate of drug-likeness (QED) is 0.322. The van der Waals surface area contributed by atoms with Crippen LogP contribution < -0.4 is 0 Å². The Morgan fingerprint density at radius 1 is 1.27 bits per heavy atom. The maximum absolute atomic E-state index is 9.87. The molecule has 0 rings (SSSR count). The first-order valence-corrected chi connectivity index (χ1v) is 3.92. The fraction of sp³-hybridized carbons (Fsp3) is 0.750. The van der Waals surface area contributed by atoms with Crippen molar-refractivity contribution in [1.29, 1.82) is 0 Å². The summed E-state index contributed by atoms with van der Waals surface area (Å²) in [6, 6.07) is 0. The van der Waals surface area contributed by atoms with Crippen LogP contribution in [-0.4, -0.2) is 11.5 Å². The van der Waals surface area contributed by atoms with Crippen LogP contribution in [0.1, 0.15) is 32.1 Å². The largest absolute Gasteiger partial charge is 0.265 e.